The van der Waals surface area contributed by atoms with Crippen LogP contribution in [0.15, 0.2) is 10.9 Å². The van der Waals surface area contributed by atoms with Gasteiger partial charge in [-0.15, -0.1) is 0 Å². The van der Waals surface area contributed by atoms with Gasteiger partial charge in [0, 0.05) is 25.1 Å². The number of H-pyrrole nitrogens is 1. The Morgan fingerprint density at radius 2 is 2.28 bits per heavy atom. The van der Waals surface area contributed by atoms with Crippen LogP contribution in [0.5, 0.6) is 0 Å². The van der Waals surface area contributed by atoms with E-state index in [0.29, 0.717) is 18.2 Å². The van der Waals surface area contributed by atoms with E-state index in [1.54, 1.807) is 0 Å². The summed E-state index contributed by atoms with van der Waals surface area (Å²) in [6.07, 6.45) is 1.71. The molecule has 2 heterocycles. The van der Waals surface area contributed by atoms with Gasteiger partial charge in [-0.1, -0.05) is 13.8 Å². The van der Waals surface area contributed by atoms with Crippen LogP contribution >= 0.6 is 0 Å². The highest BCUT2D eigenvalue weighted by Crippen LogP contribution is 2.24. The van der Waals surface area contributed by atoms with Crippen LogP contribution in [0.3, 0.4) is 0 Å². The molecule has 2 rings (SSSR count). The Hall–Kier alpha value is -1.36. The first kappa shape index (κ1) is 13.1. The second kappa shape index (κ2) is 4.72. The molecule has 0 aromatic carbocycles. The zero-order valence-corrected chi connectivity index (χ0v) is 11.2. The smallest absolute Gasteiger partial charge is 0.252 e. The Morgan fingerprint density at radius 3 is 2.89 bits per heavy atom. The van der Waals surface area contributed by atoms with Gasteiger partial charge in [0.2, 0.25) is 0 Å². The molecule has 1 aliphatic heterocycles. The maximum absolute atomic E-state index is 11.6. The Labute approximate surface area is 107 Å². The minimum absolute atomic E-state index is 0.131. The van der Waals surface area contributed by atoms with Crippen molar-refractivity contribution in [1.29, 1.82) is 0 Å². The molecule has 0 aliphatic carbocycles. The molecule has 1 aromatic rings. The van der Waals surface area contributed by atoms with Crippen LogP contribution in [-0.2, 0) is 0 Å². The molecule has 18 heavy (non-hydrogen) atoms. The summed E-state index contributed by atoms with van der Waals surface area (Å²) in [5.41, 5.74) is -0.825. The number of aliphatic hydroxyl groups is 1. The Morgan fingerprint density at radius 1 is 1.56 bits per heavy atom. The molecule has 0 bridgehead atoms. The molecule has 1 atom stereocenters. The standard InChI is InChI=1S/C13H21N3O2/c1-9(2)12-14-10(7-11(17)15-12)16-6-4-5-13(3,18)8-16/h7,9,18H,4-6,8H2,1-3H3,(H,14,15,17). The lowest BCUT2D eigenvalue weighted by molar-refractivity contribution is 0.0447. The van der Waals surface area contributed by atoms with E-state index in [1.807, 2.05) is 25.7 Å². The molecular weight excluding hydrogens is 230 g/mol. The van der Waals surface area contributed by atoms with Crippen molar-refractivity contribution < 1.29 is 5.11 Å². The van der Waals surface area contributed by atoms with E-state index in [0.717, 1.165) is 19.4 Å². The first-order chi connectivity index (χ1) is 8.37. The zero-order chi connectivity index (χ0) is 13.3. The third-order valence-electron chi connectivity index (χ3n) is 3.29. The van der Waals surface area contributed by atoms with Crippen molar-refractivity contribution in [2.24, 2.45) is 0 Å². The van der Waals surface area contributed by atoms with E-state index in [-0.39, 0.29) is 11.5 Å². The number of nitrogens with zero attached hydrogens (tertiary/aromatic N) is 2. The first-order valence-electron chi connectivity index (χ1n) is 6.46. The number of β-amino-alcohol motifs (C(OH)–C–C–N with tert-alkyl or cyclic N) is 1. The molecule has 0 radical (unpaired) electrons. The van der Waals surface area contributed by atoms with Gasteiger partial charge in [0.1, 0.15) is 11.6 Å². The lowest BCUT2D eigenvalue weighted by Crippen LogP contribution is -2.46. The fourth-order valence-corrected chi connectivity index (χ4v) is 2.31. The summed E-state index contributed by atoms with van der Waals surface area (Å²) in [5, 5.41) is 10.1. The number of hydrogen-bond donors (Lipinski definition) is 2. The fraction of sp³-hybridized carbons (Fsp3) is 0.692. The molecule has 2 N–H and O–H groups in total. The highest BCUT2D eigenvalue weighted by Gasteiger charge is 2.29. The van der Waals surface area contributed by atoms with Gasteiger partial charge >= 0.3 is 0 Å². The summed E-state index contributed by atoms with van der Waals surface area (Å²) in [4.78, 5) is 20.9. The average molecular weight is 251 g/mol. The van der Waals surface area contributed by atoms with Crippen molar-refractivity contribution in [2.75, 3.05) is 18.0 Å². The van der Waals surface area contributed by atoms with E-state index in [2.05, 4.69) is 9.97 Å². The summed E-state index contributed by atoms with van der Waals surface area (Å²) in [5.74, 6) is 1.55. The summed E-state index contributed by atoms with van der Waals surface area (Å²) in [6.45, 7) is 7.18. The van der Waals surface area contributed by atoms with Crippen molar-refractivity contribution in [2.45, 2.75) is 45.1 Å². The predicted octanol–water partition coefficient (Wildman–Crippen LogP) is 1.24. The van der Waals surface area contributed by atoms with E-state index >= 15 is 0 Å². The van der Waals surface area contributed by atoms with Crippen molar-refractivity contribution in [3.63, 3.8) is 0 Å². The molecule has 0 spiro atoms. The molecule has 0 amide bonds. The zero-order valence-electron chi connectivity index (χ0n) is 11.2. The van der Waals surface area contributed by atoms with Crippen LogP contribution in [0.4, 0.5) is 5.82 Å². The van der Waals surface area contributed by atoms with Crippen LogP contribution < -0.4 is 10.5 Å². The third kappa shape index (κ3) is 2.90. The van der Waals surface area contributed by atoms with Crippen molar-refractivity contribution in [1.82, 2.24) is 9.97 Å². The lowest BCUT2D eigenvalue weighted by Gasteiger charge is -2.37. The number of nitrogens with one attached hydrogen (secondary N) is 1. The maximum atomic E-state index is 11.6. The first-order valence-corrected chi connectivity index (χ1v) is 6.46. The highest BCUT2D eigenvalue weighted by molar-refractivity contribution is 5.39. The molecule has 5 nitrogen and oxygen atoms in total. The predicted molar refractivity (Wildman–Crippen MR) is 71.0 cm³/mol. The molecule has 1 aliphatic rings. The molecule has 1 fully saturated rings. The van der Waals surface area contributed by atoms with E-state index in [4.69, 9.17) is 0 Å². The summed E-state index contributed by atoms with van der Waals surface area (Å²) < 4.78 is 0. The molecular formula is C13H21N3O2. The van der Waals surface area contributed by atoms with Gasteiger partial charge in [0.05, 0.1) is 5.60 Å². The van der Waals surface area contributed by atoms with Crippen LogP contribution in [-0.4, -0.2) is 33.8 Å². The Kier molecular flexibility index (Phi) is 3.43. The second-order valence-electron chi connectivity index (χ2n) is 5.67. The van der Waals surface area contributed by atoms with E-state index < -0.39 is 5.60 Å². The van der Waals surface area contributed by atoms with Gasteiger partial charge in [-0.3, -0.25) is 4.79 Å². The minimum atomic E-state index is -0.694. The maximum Gasteiger partial charge on any atom is 0.252 e. The highest BCUT2D eigenvalue weighted by atomic mass is 16.3. The van der Waals surface area contributed by atoms with Gasteiger partial charge in [-0.2, -0.15) is 0 Å². The summed E-state index contributed by atoms with van der Waals surface area (Å²) in [6, 6.07) is 1.51. The van der Waals surface area contributed by atoms with Crippen molar-refractivity contribution in [3.8, 4) is 0 Å². The van der Waals surface area contributed by atoms with Crippen LogP contribution in [0, 0.1) is 0 Å². The Balaban J connectivity index is 2.30. The summed E-state index contributed by atoms with van der Waals surface area (Å²) in [7, 11) is 0. The van der Waals surface area contributed by atoms with Crippen molar-refractivity contribution in [3.05, 3.63) is 22.2 Å². The van der Waals surface area contributed by atoms with Crippen LogP contribution in [0.1, 0.15) is 45.4 Å². The second-order valence-corrected chi connectivity index (χ2v) is 5.67. The monoisotopic (exact) mass is 251 g/mol. The molecule has 0 saturated carbocycles. The number of hydrogen-bond acceptors (Lipinski definition) is 4. The SMILES string of the molecule is CC(C)c1nc(N2CCCC(C)(O)C2)cc(=O)[nH]1. The van der Waals surface area contributed by atoms with Crippen LogP contribution in [0.2, 0.25) is 0 Å². The number of rotatable bonds is 2. The number of aromatic amines is 1. The van der Waals surface area contributed by atoms with E-state index in [1.165, 1.54) is 6.07 Å². The number of aromatic nitrogens is 2. The largest absolute Gasteiger partial charge is 0.388 e. The van der Waals surface area contributed by atoms with Gasteiger partial charge in [0.15, 0.2) is 0 Å². The van der Waals surface area contributed by atoms with Gasteiger partial charge < -0.3 is 15.0 Å². The quantitative estimate of drug-likeness (QED) is 0.830. The van der Waals surface area contributed by atoms with Gasteiger partial charge in [-0.05, 0) is 19.8 Å². The molecule has 1 aromatic heterocycles. The normalized spacial score (nSPS) is 24.6. The molecule has 1 saturated heterocycles. The Bertz CT molecular complexity index is 479. The molecule has 100 valence electrons. The number of anilines is 1. The van der Waals surface area contributed by atoms with Gasteiger partial charge in [0.25, 0.3) is 5.56 Å². The summed E-state index contributed by atoms with van der Waals surface area (Å²) >= 11 is 0. The molecule has 1 unspecified atom stereocenters. The van der Waals surface area contributed by atoms with Crippen LogP contribution in [0.25, 0.3) is 0 Å². The fourth-order valence-electron chi connectivity index (χ4n) is 2.31. The minimum Gasteiger partial charge on any atom is -0.388 e. The van der Waals surface area contributed by atoms with Crippen molar-refractivity contribution >= 4 is 5.82 Å². The lowest BCUT2D eigenvalue weighted by atomic mass is 9.95. The molecule has 5 heteroatoms. The average Bonchev–Trinajstić information content (AvgIpc) is 2.26. The number of piperidine rings is 1. The topological polar surface area (TPSA) is 69.2 Å². The third-order valence-corrected chi connectivity index (χ3v) is 3.29. The van der Waals surface area contributed by atoms with E-state index in [9.17, 15) is 9.90 Å². The van der Waals surface area contributed by atoms with Gasteiger partial charge in [-0.25, -0.2) is 4.98 Å².